The molecule has 1 aromatic carbocycles. The van der Waals surface area contributed by atoms with E-state index >= 15 is 0 Å². The first kappa shape index (κ1) is 14.8. The summed E-state index contributed by atoms with van der Waals surface area (Å²) in [7, 11) is 1.66. The van der Waals surface area contributed by atoms with E-state index in [2.05, 4.69) is 10.6 Å². The summed E-state index contributed by atoms with van der Waals surface area (Å²) >= 11 is 0. The molecule has 1 saturated heterocycles. The number of carbonyl (C=O) groups excluding carboxylic acids is 1. The number of methoxy groups -OCH3 is 1. The van der Waals surface area contributed by atoms with Gasteiger partial charge in [0.25, 0.3) is 0 Å². The molecule has 2 rings (SSSR count). The fourth-order valence-corrected chi connectivity index (χ4v) is 2.29. The van der Waals surface area contributed by atoms with Crippen LogP contribution in [0.15, 0.2) is 24.3 Å². The Labute approximate surface area is 119 Å². The smallest absolute Gasteiger partial charge is 0.223 e. The summed E-state index contributed by atoms with van der Waals surface area (Å²) in [5.41, 5.74) is 1.15. The van der Waals surface area contributed by atoms with Gasteiger partial charge in [-0.1, -0.05) is 12.1 Å². The summed E-state index contributed by atoms with van der Waals surface area (Å²) in [6, 6.07) is 7.86. The van der Waals surface area contributed by atoms with E-state index < -0.39 is 0 Å². The molecule has 0 radical (unpaired) electrons. The lowest BCUT2D eigenvalue weighted by Gasteiger charge is -2.18. The van der Waals surface area contributed by atoms with Crippen molar-refractivity contribution in [2.45, 2.75) is 25.5 Å². The SMILES string of the molecule is CO[C@H]1CNCC1NC(=O)CCOc1cccc(C)c1. The van der Waals surface area contributed by atoms with Gasteiger partial charge in [-0.05, 0) is 24.6 Å². The number of nitrogens with one attached hydrogen (secondary N) is 2. The minimum absolute atomic E-state index is 0.00611. The number of rotatable bonds is 6. The Morgan fingerprint density at radius 3 is 3.05 bits per heavy atom. The van der Waals surface area contributed by atoms with Crippen LogP contribution in [0.3, 0.4) is 0 Å². The normalized spacial score (nSPS) is 21.7. The van der Waals surface area contributed by atoms with Gasteiger partial charge in [0.05, 0.1) is 25.2 Å². The number of ether oxygens (including phenoxy) is 2. The molecular formula is C15H22N2O3. The van der Waals surface area contributed by atoms with Crippen molar-refractivity contribution in [3.8, 4) is 5.75 Å². The quantitative estimate of drug-likeness (QED) is 0.810. The lowest BCUT2D eigenvalue weighted by Crippen LogP contribution is -2.43. The summed E-state index contributed by atoms with van der Waals surface area (Å²) < 4.78 is 10.9. The molecule has 110 valence electrons. The van der Waals surface area contributed by atoms with Gasteiger partial charge in [0.2, 0.25) is 5.91 Å². The molecule has 5 nitrogen and oxygen atoms in total. The van der Waals surface area contributed by atoms with Crippen LogP contribution in [0.4, 0.5) is 0 Å². The van der Waals surface area contributed by atoms with Gasteiger partial charge in [0.1, 0.15) is 5.75 Å². The third kappa shape index (κ3) is 4.21. The topological polar surface area (TPSA) is 59.6 Å². The lowest BCUT2D eigenvalue weighted by molar-refractivity contribution is -0.122. The summed E-state index contributed by atoms with van der Waals surface area (Å²) in [4.78, 5) is 11.8. The highest BCUT2D eigenvalue weighted by Gasteiger charge is 2.27. The van der Waals surface area contributed by atoms with Crippen LogP contribution in [0.1, 0.15) is 12.0 Å². The third-order valence-electron chi connectivity index (χ3n) is 3.40. The van der Waals surface area contributed by atoms with E-state index in [0.29, 0.717) is 13.0 Å². The maximum absolute atomic E-state index is 11.8. The number of hydrogen-bond acceptors (Lipinski definition) is 4. The lowest BCUT2D eigenvalue weighted by atomic mass is 10.2. The molecule has 0 spiro atoms. The minimum atomic E-state index is -0.00611. The van der Waals surface area contributed by atoms with Crippen LogP contribution in [0.5, 0.6) is 5.75 Å². The van der Waals surface area contributed by atoms with Gasteiger partial charge >= 0.3 is 0 Å². The molecule has 1 aliphatic rings. The van der Waals surface area contributed by atoms with Crippen LogP contribution < -0.4 is 15.4 Å². The molecule has 1 unspecified atom stereocenters. The maximum Gasteiger partial charge on any atom is 0.223 e. The zero-order valence-corrected chi connectivity index (χ0v) is 12.0. The van der Waals surface area contributed by atoms with Gasteiger partial charge < -0.3 is 20.1 Å². The molecule has 2 atom stereocenters. The van der Waals surface area contributed by atoms with Crippen LogP contribution in [-0.2, 0) is 9.53 Å². The van der Waals surface area contributed by atoms with Gasteiger partial charge in [-0.3, -0.25) is 4.79 Å². The Bertz CT molecular complexity index is 450. The van der Waals surface area contributed by atoms with Crippen LogP contribution in [0.25, 0.3) is 0 Å². The van der Waals surface area contributed by atoms with Crippen molar-refractivity contribution in [3.05, 3.63) is 29.8 Å². The van der Waals surface area contributed by atoms with Crippen molar-refractivity contribution in [2.24, 2.45) is 0 Å². The van der Waals surface area contributed by atoms with E-state index in [1.807, 2.05) is 31.2 Å². The second kappa shape index (κ2) is 7.26. The largest absolute Gasteiger partial charge is 0.493 e. The van der Waals surface area contributed by atoms with Crippen molar-refractivity contribution in [3.63, 3.8) is 0 Å². The highest BCUT2D eigenvalue weighted by atomic mass is 16.5. The molecule has 0 aliphatic carbocycles. The zero-order chi connectivity index (χ0) is 14.4. The Morgan fingerprint density at radius 2 is 2.30 bits per heavy atom. The van der Waals surface area contributed by atoms with Gasteiger partial charge in [-0.15, -0.1) is 0 Å². The number of carbonyl (C=O) groups is 1. The van der Waals surface area contributed by atoms with Crippen molar-refractivity contribution in [1.29, 1.82) is 0 Å². The highest BCUT2D eigenvalue weighted by molar-refractivity contribution is 5.76. The fourth-order valence-electron chi connectivity index (χ4n) is 2.29. The number of benzene rings is 1. The molecule has 5 heteroatoms. The van der Waals surface area contributed by atoms with E-state index in [1.54, 1.807) is 7.11 Å². The summed E-state index contributed by atoms with van der Waals surface area (Å²) in [6.07, 6.45) is 0.401. The molecule has 0 aromatic heterocycles. The second-order valence-electron chi connectivity index (χ2n) is 5.02. The molecule has 1 amide bonds. The van der Waals surface area contributed by atoms with Gasteiger partial charge in [-0.25, -0.2) is 0 Å². The van der Waals surface area contributed by atoms with Gasteiger partial charge in [0.15, 0.2) is 0 Å². The van der Waals surface area contributed by atoms with Crippen LogP contribution in [0.2, 0.25) is 0 Å². The first-order valence-corrected chi connectivity index (χ1v) is 6.91. The monoisotopic (exact) mass is 278 g/mol. The van der Waals surface area contributed by atoms with E-state index in [1.165, 1.54) is 0 Å². The first-order chi connectivity index (χ1) is 9.69. The Morgan fingerprint density at radius 1 is 1.45 bits per heavy atom. The van der Waals surface area contributed by atoms with E-state index in [-0.39, 0.29) is 18.1 Å². The van der Waals surface area contributed by atoms with E-state index in [0.717, 1.165) is 24.4 Å². The van der Waals surface area contributed by atoms with Crippen molar-refractivity contribution >= 4 is 5.91 Å². The molecule has 1 fully saturated rings. The van der Waals surface area contributed by atoms with Gasteiger partial charge in [-0.2, -0.15) is 0 Å². The molecule has 1 aromatic rings. The van der Waals surface area contributed by atoms with E-state index in [4.69, 9.17) is 9.47 Å². The standard InChI is InChI=1S/C15H22N2O3/c1-11-4-3-5-12(8-11)20-7-6-15(18)17-13-9-16-10-14(13)19-2/h3-5,8,13-14,16H,6-7,9-10H2,1-2H3,(H,17,18)/t13?,14-/m0/s1. The van der Waals surface area contributed by atoms with E-state index in [9.17, 15) is 4.79 Å². The van der Waals surface area contributed by atoms with Crippen molar-refractivity contribution in [2.75, 3.05) is 26.8 Å². The summed E-state index contributed by atoms with van der Waals surface area (Å²) in [5.74, 6) is 0.795. The summed E-state index contributed by atoms with van der Waals surface area (Å²) in [5, 5.41) is 6.17. The van der Waals surface area contributed by atoms with Crippen LogP contribution in [-0.4, -0.2) is 44.9 Å². The van der Waals surface area contributed by atoms with Crippen molar-refractivity contribution < 1.29 is 14.3 Å². The predicted molar refractivity (Wildman–Crippen MR) is 76.9 cm³/mol. The molecule has 2 N–H and O–H groups in total. The van der Waals surface area contributed by atoms with Crippen LogP contribution >= 0.6 is 0 Å². The first-order valence-electron chi connectivity index (χ1n) is 6.91. The average molecular weight is 278 g/mol. The maximum atomic E-state index is 11.8. The molecule has 20 heavy (non-hydrogen) atoms. The molecule has 1 aliphatic heterocycles. The summed E-state index contributed by atoms with van der Waals surface area (Å²) in [6.45, 7) is 3.93. The molecule has 1 heterocycles. The average Bonchev–Trinajstić information content (AvgIpc) is 2.86. The van der Waals surface area contributed by atoms with Crippen LogP contribution in [0, 0.1) is 6.92 Å². The number of amides is 1. The Hall–Kier alpha value is -1.59. The molecule has 0 saturated carbocycles. The molecule has 0 bridgehead atoms. The molecular weight excluding hydrogens is 256 g/mol. The minimum Gasteiger partial charge on any atom is -0.493 e. The predicted octanol–water partition coefficient (Wildman–Crippen LogP) is 0.867. The Kier molecular flexibility index (Phi) is 5.38. The van der Waals surface area contributed by atoms with Crippen molar-refractivity contribution in [1.82, 2.24) is 10.6 Å². The van der Waals surface area contributed by atoms with Gasteiger partial charge in [0, 0.05) is 20.2 Å². The second-order valence-corrected chi connectivity index (χ2v) is 5.02. The highest BCUT2D eigenvalue weighted by Crippen LogP contribution is 2.12. The third-order valence-corrected chi connectivity index (χ3v) is 3.40. The fraction of sp³-hybridized carbons (Fsp3) is 0.533. The zero-order valence-electron chi connectivity index (χ0n) is 12.0. The Balaban J connectivity index is 1.70. The number of aryl methyl sites for hydroxylation is 1. The number of hydrogen-bond donors (Lipinski definition) is 2.